The zero-order valence-corrected chi connectivity index (χ0v) is 13.3. The van der Waals surface area contributed by atoms with Crippen molar-refractivity contribution in [3.63, 3.8) is 0 Å². The fourth-order valence-electron chi connectivity index (χ4n) is 2.84. The number of hydrogen-bond donors (Lipinski definition) is 1. The number of carbonyl (C=O) groups excluding carboxylic acids is 1. The van der Waals surface area contributed by atoms with Crippen molar-refractivity contribution in [1.82, 2.24) is 10.5 Å². The zero-order valence-electron chi connectivity index (χ0n) is 13.3. The minimum atomic E-state index is -0.212. The number of hydrogen-bond acceptors (Lipinski definition) is 5. The monoisotopic (exact) mass is 316 g/mol. The van der Waals surface area contributed by atoms with Gasteiger partial charge < -0.3 is 19.3 Å². The third kappa shape index (κ3) is 3.31. The van der Waals surface area contributed by atoms with E-state index in [-0.39, 0.29) is 17.7 Å². The SMILES string of the molecule is COc1ccc(-c2cc(C(=O)NC3CCCC3)on2)cc1OC. The van der Waals surface area contributed by atoms with Gasteiger partial charge >= 0.3 is 0 Å². The highest BCUT2D eigenvalue weighted by Gasteiger charge is 2.21. The van der Waals surface area contributed by atoms with Crippen LogP contribution < -0.4 is 14.8 Å². The number of nitrogens with one attached hydrogen (secondary N) is 1. The number of nitrogens with zero attached hydrogens (tertiary/aromatic N) is 1. The van der Waals surface area contributed by atoms with Crippen LogP contribution in [0.1, 0.15) is 36.2 Å². The molecule has 0 unspecified atom stereocenters. The van der Waals surface area contributed by atoms with Crippen molar-refractivity contribution in [3.8, 4) is 22.8 Å². The second-order valence-corrected chi connectivity index (χ2v) is 5.60. The Hall–Kier alpha value is -2.50. The molecule has 1 aromatic heterocycles. The summed E-state index contributed by atoms with van der Waals surface area (Å²) in [5, 5.41) is 6.96. The van der Waals surface area contributed by atoms with Crippen LogP contribution >= 0.6 is 0 Å². The van der Waals surface area contributed by atoms with E-state index in [1.807, 2.05) is 6.07 Å². The van der Waals surface area contributed by atoms with Gasteiger partial charge in [0.2, 0.25) is 5.76 Å². The first kappa shape index (κ1) is 15.4. The normalized spacial score (nSPS) is 14.7. The molecule has 1 heterocycles. The van der Waals surface area contributed by atoms with Gasteiger partial charge in [0.05, 0.1) is 14.2 Å². The number of methoxy groups -OCH3 is 2. The first-order valence-electron chi connectivity index (χ1n) is 7.71. The topological polar surface area (TPSA) is 73.6 Å². The highest BCUT2D eigenvalue weighted by Crippen LogP contribution is 2.32. The predicted molar refractivity (Wildman–Crippen MR) is 84.8 cm³/mol. The molecule has 1 amide bonds. The molecule has 1 N–H and O–H groups in total. The van der Waals surface area contributed by atoms with Crippen LogP contribution in [0.4, 0.5) is 0 Å². The lowest BCUT2D eigenvalue weighted by atomic mass is 10.1. The van der Waals surface area contributed by atoms with Gasteiger partial charge in [-0.05, 0) is 31.0 Å². The number of amides is 1. The van der Waals surface area contributed by atoms with Crippen LogP contribution in [0.25, 0.3) is 11.3 Å². The van der Waals surface area contributed by atoms with Crippen LogP contribution in [0, 0.1) is 0 Å². The molecule has 0 spiro atoms. The molecule has 0 radical (unpaired) electrons. The van der Waals surface area contributed by atoms with Crippen LogP contribution in [0.3, 0.4) is 0 Å². The van der Waals surface area contributed by atoms with E-state index in [1.165, 1.54) is 0 Å². The van der Waals surface area contributed by atoms with E-state index < -0.39 is 0 Å². The molecule has 122 valence electrons. The Morgan fingerprint density at radius 1 is 1.17 bits per heavy atom. The summed E-state index contributed by atoms with van der Waals surface area (Å²) in [7, 11) is 3.16. The van der Waals surface area contributed by atoms with E-state index in [2.05, 4.69) is 10.5 Å². The standard InChI is InChI=1S/C17H20N2O4/c1-21-14-8-7-11(9-15(14)22-2)13-10-16(23-19-13)17(20)18-12-5-3-4-6-12/h7-10,12H,3-6H2,1-2H3,(H,18,20). The summed E-state index contributed by atoms with van der Waals surface area (Å²) in [5.41, 5.74) is 1.38. The van der Waals surface area contributed by atoms with Crippen LogP contribution in [0.15, 0.2) is 28.8 Å². The minimum absolute atomic E-state index is 0.212. The Labute approximate surface area is 134 Å². The third-order valence-corrected chi connectivity index (χ3v) is 4.10. The summed E-state index contributed by atoms with van der Waals surface area (Å²) in [6.07, 6.45) is 4.39. The molecule has 23 heavy (non-hydrogen) atoms. The molecule has 1 aliphatic carbocycles. The Balaban J connectivity index is 1.77. The van der Waals surface area contributed by atoms with Crippen LogP contribution in [-0.2, 0) is 0 Å². The lowest BCUT2D eigenvalue weighted by molar-refractivity contribution is 0.0900. The van der Waals surface area contributed by atoms with Gasteiger partial charge in [-0.25, -0.2) is 0 Å². The summed E-state index contributed by atoms with van der Waals surface area (Å²) in [6, 6.07) is 7.33. The average molecular weight is 316 g/mol. The van der Waals surface area contributed by atoms with Gasteiger partial charge in [-0.3, -0.25) is 4.79 Å². The van der Waals surface area contributed by atoms with E-state index in [1.54, 1.807) is 32.4 Å². The summed E-state index contributed by atoms with van der Waals surface area (Å²) < 4.78 is 15.7. The van der Waals surface area contributed by atoms with Gasteiger partial charge in [0.25, 0.3) is 5.91 Å². The molecule has 1 aromatic carbocycles. The average Bonchev–Trinajstić information content (AvgIpc) is 3.25. The van der Waals surface area contributed by atoms with Gasteiger partial charge in [-0.15, -0.1) is 0 Å². The van der Waals surface area contributed by atoms with Gasteiger partial charge in [-0.1, -0.05) is 18.0 Å². The summed E-state index contributed by atoms with van der Waals surface area (Å²) >= 11 is 0. The van der Waals surface area contributed by atoms with Gasteiger partial charge in [-0.2, -0.15) is 0 Å². The predicted octanol–water partition coefficient (Wildman–Crippen LogP) is 3.03. The number of benzene rings is 1. The molecule has 1 saturated carbocycles. The third-order valence-electron chi connectivity index (χ3n) is 4.10. The molecule has 6 heteroatoms. The number of rotatable bonds is 5. The van der Waals surface area contributed by atoms with Crippen molar-refractivity contribution < 1.29 is 18.8 Å². The van der Waals surface area contributed by atoms with Crippen molar-refractivity contribution in [1.29, 1.82) is 0 Å². The molecule has 0 bridgehead atoms. The maximum Gasteiger partial charge on any atom is 0.290 e. The molecule has 1 aliphatic rings. The van der Waals surface area contributed by atoms with Gasteiger partial charge in [0.1, 0.15) is 5.69 Å². The molecule has 3 rings (SSSR count). The molecule has 1 fully saturated rings. The molecule has 6 nitrogen and oxygen atoms in total. The van der Waals surface area contributed by atoms with E-state index in [0.29, 0.717) is 17.2 Å². The van der Waals surface area contributed by atoms with Gasteiger partial charge in [0, 0.05) is 17.7 Å². The van der Waals surface area contributed by atoms with Crippen molar-refractivity contribution in [2.24, 2.45) is 0 Å². The fourth-order valence-corrected chi connectivity index (χ4v) is 2.84. The maximum atomic E-state index is 12.2. The minimum Gasteiger partial charge on any atom is -0.493 e. The highest BCUT2D eigenvalue weighted by atomic mass is 16.5. The quantitative estimate of drug-likeness (QED) is 0.918. The van der Waals surface area contributed by atoms with E-state index in [4.69, 9.17) is 14.0 Å². The maximum absolute atomic E-state index is 12.2. The Morgan fingerprint density at radius 3 is 2.61 bits per heavy atom. The van der Waals surface area contributed by atoms with Gasteiger partial charge in [0.15, 0.2) is 11.5 Å². The van der Waals surface area contributed by atoms with E-state index >= 15 is 0 Å². The molecule has 2 aromatic rings. The van der Waals surface area contributed by atoms with Crippen LogP contribution in [-0.4, -0.2) is 31.3 Å². The molecule has 0 saturated heterocycles. The van der Waals surface area contributed by atoms with Crippen molar-refractivity contribution in [2.45, 2.75) is 31.7 Å². The Morgan fingerprint density at radius 2 is 1.91 bits per heavy atom. The zero-order chi connectivity index (χ0) is 16.2. The number of ether oxygens (including phenoxy) is 2. The first-order valence-corrected chi connectivity index (χ1v) is 7.71. The summed E-state index contributed by atoms with van der Waals surface area (Å²) in [5.74, 6) is 1.25. The molecule has 0 aliphatic heterocycles. The summed E-state index contributed by atoms with van der Waals surface area (Å²) in [4.78, 5) is 12.2. The van der Waals surface area contributed by atoms with Crippen LogP contribution in [0.5, 0.6) is 11.5 Å². The van der Waals surface area contributed by atoms with Crippen LogP contribution in [0.2, 0.25) is 0 Å². The summed E-state index contributed by atoms with van der Waals surface area (Å²) in [6.45, 7) is 0. The largest absolute Gasteiger partial charge is 0.493 e. The number of aromatic nitrogens is 1. The van der Waals surface area contributed by atoms with E-state index in [9.17, 15) is 4.79 Å². The second-order valence-electron chi connectivity index (χ2n) is 5.60. The van der Waals surface area contributed by atoms with E-state index in [0.717, 1.165) is 31.2 Å². The smallest absolute Gasteiger partial charge is 0.290 e. The van der Waals surface area contributed by atoms with Crippen molar-refractivity contribution in [2.75, 3.05) is 14.2 Å². The second kappa shape index (κ2) is 6.73. The Bertz CT molecular complexity index is 690. The lowest BCUT2D eigenvalue weighted by Crippen LogP contribution is -2.32. The lowest BCUT2D eigenvalue weighted by Gasteiger charge is -2.09. The fraction of sp³-hybridized carbons (Fsp3) is 0.412. The van der Waals surface area contributed by atoms with Crippen molar-refractivity contribution in [3.05, 3.63) is 30.0 Å². The highest BCUT2D eigenvalue weighted by molar-refractivity contribution is 5.92. The Kier molecular flexibility index (Phi) is 4.50. The molecular weight excluding hydrogens is 296 g/mol. The first-order chi connectivity index (χ1) is 11.2. The number of carbonyl (C=O) groups is 1. The molecule has 0 atom stereocenters. The molecular formula is C17H20N2O4. The van der Waals surface area contributed by atoms with Crippen molar-refractivity contribution >= 4 is 5.91 Å².